The summed E-state index contributed by atoms with van der Waals surface area (Å²) in [5.41, 5.74) is 1.87. The van der Waals surface area contributed by atoms with Crippen LogP contribution >= 0.6 is 0 Å². The zero-order valence-corrected chi connectivity index (χ0v) is 15.8. The minimum Gasteiger partial charge on any atom is -0.344 e. The summed E-state index contributed by atoms with van der Waals surface area (Å²) in [4.78, 5) is 50.4. The van der Waals surface area contributed by atoms with E-state index in [2.05, 4.69) is 9.97 Å². The highest BCUT2D eigenvalue weighted by molar-refractivity contribution is 6.02. The molecule has 0 saturated carbocycles. The van der Waals surface area contributed by atoms with Crippen LogP contribution in [-0.4, -0.2) is 59.3 Å². The molecule has 3 heterocycles. The molecule has 8 heteroatoms. The van der Waals surface area contributed by atoms with Gasteiger partial charge in [0.25, 0.3) is 0 Å². The molecule has 8 nitrogen and oxygen atoms in total. The molecule has 2 amide bonds. The maximum Gasteiger partial charge on any atom is 0.327 e. The Hall–Kier alpha value is -3.29. The molecule has 1 fully saturated rings. The summed E-state index contributed by atoms with van der Waals surface area (Å²) < 4.78 is 0. The molecule has 0 bridgehead atoms. The van der Waals surface area contributed by atoms with Crippen LogP contribution in [0.25, 0.3) is 11.4 Å². The van der Waals surface area contributed by atoms with Gasteiger partial charge in [0, 0.05) is 31.3 Å². The lowest BCUT2D eigenvalue weighted by atomic mass is 10.1. The van der Waals surface area contributed by atoms with Crippen molar-refractivity contribution in [2.75, 3.05) is 29.9 Å². The molecule has 0 spiro atoms. The van der Waals surface area contributed by atoms with Gasteiger partial charge in [0.05, 0.1) is 6.20 Å². The largest absolute Gasteiger partial charge is 0.344 e. The quantitative estimate of drug-likeness (QED) is 0.601. The van der Waals surface area contributed by atoms with E-state index in [4.69, 9.17) is 0 Å². The Morgan fingerprint density at radius 1 is 1.21 bits per heavy atom. The lowest BCUT2D eigenvalue weighted by Crippen LogP contribution is -2.51. The van der Waals surface area contributed by atoms with E-state index in [-0.39, 0.29) is 11.8 Å². The third-order valence-electron chi connectivity index (χ3n) is 5.25. The number of carbonyl (C=O) groups is 3. The number of urea groups is 1. The predicted octanol–water partition coefficient (Wildman–Crippen LogP) is 2.34. The van der Waals surface area contributed by atoms with Gasteiger partial charge in [-0.1, -0.05) is 18.2 Å². The van der Waals surface area contributed by atoms with E-state index >= 15 is 0 Å². The Morgan fingerprint density at radius 3 is 2.64 bits per heavy atom. The van der Waals surface area contributed by atoms with Crippen molar-refractivity contribution in [3.05, 3.63) is 36.0 Å². The monoisotopic (exact) mass is 379 g/mol. The maximum absolute atomic E-state index is 13.1. The van der Waals surface area contributed by atoms with Crippen LogP contribution in [0.5, 0.6) is 0 Å². The first-order valence-corrected chi connectivity index (χ1v) is 9.26. The van der Waals surface area contributed by atoms with E-state index in [1.165, 1.54) is 11.8 Å². The number of carbonyl (C=O) groups excluding carboxylic acids is 3. The average molecular weight is 379 g/mol. The van der Waals surface area contributed by atoms with E-state index in [0.717, 1.165) is 19.1 Å². The summed E-state index contributed by atoms with van der Waals surface area (Å²) in [5, 5.41) is 0. The molecule has 0 radical (unpaired) electrons. The molecular weight excluding hydrogens is 358 g/mol. The van der Waals surface area contributed by atoms with E-state index in [1.54, 1.807) is 41.2 Å². The third kappa shape index (κ3) is 2.90. The minimum atomic E-state index is -0.754. The fraction of sp³-hybridized carbons (Fsp3) is 0.350. The molecule has 1 aromatic carbocycles. The number of aldehydes is 1. The molecule has 0 N–H and O–H groups in total. The number of benzene rings is 1. The SMILES string of the molecule is CC(=O)c1cccc(-c2ncc3c(n2)N(C(=O)N2CCCC2)C(C=O)N3C)c1. The van der Waals surface area contributed by atoms with Gasteiger partial charge < -0.3 is 9.80 Å². The van der Waals surface area contributed by atoms with Gasteiger partial charge in [0.1, 0.15) is 5.69 Å². The molecule has 1 aromatic heterocycles. The number of likely N-dealkylation sites (tertiary alicyclic amines) is 1. The van der Waals surface area contributed by atoms with Crippen molar-refractivity contribution >= 4 is 29.6 Å². The molecule has 1 atom stereocenters. The number of fused-ring (bicyclic) bond motifs is 1. The summed E-state index contributed by atoms with van der Waals surface area (Å²) in [6.45, 7) is 2.86. The van der Waals surface area contributed by atoms with Gasteiger partial charge in [0.2, 0.25) is 0 Å². The molecule has 1 unspecified atom stereocenters. The maximum atomic E-state index is 13.1. The number of amides is 2. The normalized spacial score (nSPS) is 18.4. The standard InChI is InChI=1S/C20H21N5O3/c1-13(27)14-6-5-7-15(10-14)18-21-11-16-19(22-18)25(17(12-26)23(16)2)20(28)24-8-3-4-9-24/h5-7,10-12,17H,3-4,8-9H2,1-2H3. The number of aromatic nitrogens is 2. The smallest absolute Gasteiger partial charge is 0.327 e. The zero-order valence-electron chi connectivity index (χ0n) is 15.8. The number of nitrogens with zero attached hydrogens (tertiary/aromatic N) is 5. The van der Waals surface area contributed by atoms with Crippen molar-refractivity contribution in [1.29, 1.82) is 0 Å². The van der Waals surface area contributed by atoms with Crippen molar-refractivity contribution in [3.8, 4) is 11.4 Å². The molecule has 2 aromatic rings. The van der Waals surface area contributed by atoms with Crippen LogP contribution in [0.2, 0.25) is 0 Å². The molecule has 2 aliphatic rings. The highest BCUT2D eigenvalue weighted by Gasteiger charge is 2.41. The number of Topliss-reactive ketones (excluding diaryl/α,β-unsaturated/α-hetero) is 1. The molecule has 144 valence electrons. The van der Waals surface area contributed by atoms with Gasteiger partial charge in [-0.3, -0.25) is 9.59 Å². The first-order chi connectivity index (χ1) is 13.5. The Morgan fingerprint density at radius 2 is 1.96 bits per heavy atom. The Kier molecular flexibility index (Phi) is 4.54. The summed E-state index contributed by atoms with van der Waals surface area (Å²) in [6.07, 6.45) is 3.52. The second-order valence-electron chi connectivity index (χ2n) is 7.05. The molecule has 4 rings (SSSR count). The van der Waals surface area contributed by atoms with Crippen molar-refractivity contribution in [3.63, 3.8) is 0 Å². The van der Waals surface area contributed by atoms with Crippen molar-refractivity contribution in [2.45, 2.75) is 25.9 Å². The first-order valence-electron chi connectivity index (χ1n) is 9.26. The Labute approximate surface area is 162 Å². The van der Waals surface area contributed by atoms with Gasteiger partial charge in [-0.25, -0.2) is 19.7 Å². The lowest BCUT2D eigenvalue weighted by molar-refractivity contribution is -0.108. The number of ketones is 1. The van der Waals surface area contributed by atoms with Crippen LogP contribution in [0.4, 0.5) is 16.3 Å². The van der Waals surface area contributed by atoms with Crippen LogP contribution in [-0.2, 0) is 4.79 Å². The highest BCUT2D eigenvalue weighted by Crippen LogP contribution is 2.38. The van der Waals surface area contributed by atoms with E-state index in [9.17, 15) is 14.4 Å². The summed E-state index contributed by atoms with van der Waals surface area (Å²) in [5.74, 6) is 0.769. The molecule has 0 aliphatic carbocycles. The van der Waals surface area contributed by atoms with Crippen LogP contribution in [0, 0.1) is 0 Å². The van der Waals surface area contributed by atoms with Gasteiger partial charge in [-0.15, -0.1) is 0 Å². The Balaban J connectivity index is 1.77. The topological polar surface area (TPSA) is 86.7 Å². The van der Waals surface area contributed by atoms with Crippen molar-refractivity contribution in [1.82, 2.24) is 14.9 Å². The fourth-order valence-electron chi connectivity index (χ4n) is 3.67. The predicted molar refractivity (Wildman–Crippen MR) is 104 cm³/mol. The molecule has 1 saturated heterocycles. The average Bonchev–Trinajstić information content (AvgIpc) is 3.34. The minimum absolute atomic E-state index is 0.0467. The van der Waals surface area contributed by atoms with Crippen LogP contribution in [0.1, 0.15) is 30.1 Å². The fourth-order valence-corrected chi connectivity index (χ4v) is 3.67. The van der Waals surface area contributed by atoms with Gasteiger partial charge >= 0.3 is 6.03 Å². The van der Waals surface area contributed by atoms with Crippen molar-refractivity contribution < 1.29 is 14.4 Å². The number of rotatable bonds is 3. The van der Waals surface area contributed by atoms with Crippen molar-refractivity contribution in [2.24, 2.45) is 0 Å². The van der Waals surface area contributed by atoms with Gasteiger partial charge in [-0.05, 0) is 25.8 Å². The number of hydrogen-bond acceptors (Lipinski definition) is 6. The van der Waals surface area contributed by atoms with Crippen LogP contribution < -0.4 is 9.80 Å². The molecule has 28 heavy (non-hydrogen) atoms. The summed E-state index contributed by atoms with van der Waals surface area (Å²) in [7, 11) is 1.74. The molecular formula is C20H21N5O3. The number of anilines is 2. The van der Waals surface area contributed by atoms with Gasteiger partial charge in [0.15, 0.2) is 29.9 Å². The van der Waals surface area contributed by atoms with E-state index < -0.39 is 6.17 Å². The number of hydrogen-bond donors (Lipinski definition) is 0. The highest BCUT2D eigenvalue weighted by atomic mass is 16.2. The Bertz CT molecular complexity index is 955. The first kappa shape index (κ1) is 18.1. The number of likely N-dealkylation sites (N-methyl/N-ethyl adjacent to an activating group) is 1. The summed E-state index contributed by atoms with van der Waals surface area (Å²) in [6, 6.07) is 6.83. The second-order valence-corrected chi connectivity index (χ2v) is 7.05. The molecule has 2 aliphatic heterocycles. The van der Waals surface area contributed by atoms with Gasteiger partial charge in [-0.2, -0.15) is 0 Å². The third-order valence-corrected chi connectivity index (χ3v) is 5.25. The van der Waals surface area contributed by atoms with E-state index in [0.29, 0.717) is 41.5 Å². The zero-order chi connectivity index (χ0) is 19.8. The van der Waals surface area contributed by atoms with Crippen LogP contribution in [0.15, 0.2) is 30.5 Å². The lowest BCUT2D eigenvalue weighted by Gasteiger charge is -2.28. The van der Waals surface area contributed by atoms with Crippen LogP contribution in [0.3, 0.4) is 0 Å². The second kappa shape index (κ2) is 7.03. The summed E-state index contributed by atoms with van der Waals surface area (Å²) >= 11 is 0. The van der Waals surface area contributed by atoms with E-state index in [1.807, 2.05) is 6.07 Å².